The topological polar surface area (TPSA) is 38.3 Å². The summed E-state index contributed by atoms with van der Waals surface area (Å²) in [4.78, 5) is 12.5. The van der Waals surface area contributed by atoms with Gasteiger partial charge in [-0.05, 0) is 62.5 Å². The average molecular weight is 301 g/mol. The predicted octanol–water partition coefficient (Wildman–Crippen LogP) is 3.43. The second kappa shape index (κ2) is 7.28. The Kier molecular flexibility index (Phi) is 5.14. The van der Waals surface area contributed by atoms with Crippen LogP contribution in [0.2, 0.25) is 0 Å². The van der Waals surface area contributed by atoms with Crippen LogP contribution >= 0.6 is 0 Å². The highest BCUT2D eigenvalue weighted by molar-refractivity contribution is 5.84. The number of ether oxygens (including phenoxy) is 1. The number of hydrogen-bond donors (Lipinski definition) is 1. The third kappa shape index (κ3) is 3.70. The van der Waals surface area contributed by atoms with E-state index in [1.54, 1.807) is 0 Å². The van der Waals surface area contributed by atoms with E-state index in [4.69, 9.17) is 4.74 Å². The molecular weight excluding hydrogens is 274 g/mol. The van der Waals surface area contributed by atoms with E-state index in [0.29, 0.717) is 12.0 Å². The molecule has 3 atom stereocenters. The van der Waals surface area contributed by atoms with Crippen LogP contribution in [-0.2, 0) is 16.0 Å². The van der Waals surface area contributed by atoms with Crippen molar-refractivity contribution < 1.29 is 9.53 Å². The zero-order chi connectivity index (χ0) is 15.4. The third-order valence-electron chi connectivity index (χ3n) is 5.13. The molecule has 2 aliphatic rings. The van der Waals surface area contributed by atoms with E-state index in [1.165, 1.54) is 11.1 Å². The summed E-state index contributed by atoms with van der Waals surface area (Å²) < 4.78 is 5.58. The Morgan fingerprint density at radius 1 is 1.32 bits per heavy atom. The molecule has 22 heavy (non-hydrogen) atoms. The molecule has 1 N–H and O–H groups in total. The van der Waals surface area contributed by atoms with Crippen LogP contribution in [0.4, 0.5) is 0 Å². The van der Waals surface area contributed by atoms with Crippen molar-refractivity contribution in [3.05, 3.63) is 35.4 Å². The molecule has 1 aliphatic carbocycles. The van der Waals surface area contributed by atoms with E-state index in [0.717, 1.165) is 51.7 Å². The first-order valence-electron chi connectivity index (χ1n) is 8.71. The van der Waals surface area contributed by atoms with Crippen LogP contribution < -0.4 is 5.32 Å². The molecule has 0 radical (unpaired) electrons. The lowest BCUT2D eigenvalue weighted by Crippen LogP contribution is -2.33. The second-order valence-electron chi connectivity index (χ2n) is 6.80. The molecule has 1 aliphatic heterocycles. The fourth-order valence-electron chi connectivity index (χ4n) is 3.90. The molecule has 3 heteroatoms. The van der Waals surface area contributed by atoms with Crippen LogP contribution in [-0.4, -0.2) is 25.2 Å². The highest BCUT2D eigenvalue weighted by Crippen LogP contribution is 2.31. The fraction of sp³-hybridized carbons (Fsp3) is 0.632. The van der Waals surface area contributed by atoms with Crippen molar-refractivity contribution in [3.63, 3.8) is 0 Å². The minimum Gasteiger partial charge on any atom is -0.378 e. The number of aryl methyl sites for hydroxylation is 1. The quantitative estimate of drug-likeness (QED) is 0.925. The van der Waals surface area contributed by atoms with Gasteiger partial charge in [0.2, 0.25) is 5.91 Å². The van der Waals surface area contributed by atoms with Crippen molar-refractivity contribution >= 4 is 5.91 Å². The molecule has 1 heterocycles. The molecule has 0 spiro atoms. The first-order chi connectivity index (χ1) is 10.7. The Bertz CT molecular complexity index is 514. The van der Waals surface area contributed by atoms with Crippen molar-refractivity contribution in [1.82, 2.24) is 5.32 Å². The molecule has 1 fully saturated rings. The number of rotatable bonds is 4. The van der Waals surface area contributed by atoms with Gasteiger partial charge in [0.25, 0.3) is 0 Å². The lowest BCUT2D eigenvalue weighted by Gasteiger charge is -2.28. The van der Waals surface area contributed by atoms with Gasteiger partial charge in [-0.15, -0.1) is 0 Å². The molecular formula is C19H27NO2. The van der Waals surface area contributed by atoms with Crippen LogP contribution in [0.5, 0.6) is 0 Å². The summed E-state index contributed by atoms with van der Waals surface area (Å²) >= 11 is 0. The molecule has 1 aromatic carbocycles. The highest BCUT2D eigenvalue weighted by atomic mass is 16.5. The summed E-state index contributed by atoms with van der Waals surface area (Å²) in [6.45, 7) is 3.81. The summed E-state index contributed by atoms with van der Waals surface area (Å²) in [5, 5.41) is 3.18. The molecule has 1 aromatic rings. The number of carbonyl (C=O) groups is 1. The number of fused-ring (bicyclic) bond motifs is 1. The average Bonchev–Trinajstić information content (AvgIpc) is 2.54. The molecule has 3 unspecified atom stereocenters. The van der Waals surface area contributed by atoms with Gasteiger partial charge in [0.1, 0.15) is 0 Å². The SMILES string of the molecule is CC1CC(CCNC(=O)C2CCCc3ccccc32)CCO1. The molecule has 3 nitrogen and oxygen atoms in total. The van der Waals surface area contributed by atoms with Crippen LogP contribution in [0.3, 0.4) is 0 Å². The molecule has 0 aromatic heterocycles. The maximum absolute atomic E-state index is 12.5. The van der Waals surface area contributed by atoms with Gasteiger partial charge in [-0.1, -0.05) is 24.3 Å². The number of benzene rings is 1. The monoisotopic (exact) mass is 301 g/mol. The first kappa shape index (κ1) is 15.5. The number of nitrogens with one attached hydrogen (secondary N) is 1. The minimum absolute atomic E-state index is 0.0542. The number of carbonyl (C=O) groups excluding carboxylic acids is 1. The highest BCUT2D eigenvalue weighted by Gasteiger charge is 2.26. The van der Waals surface area contributed by atoms with E-state index in [9.17, 15) is 4.79 Å². The normalized spacial score (nSPS) is 28.0. The van der Waals surface area contributed by atoms with Gasteiger partial charge in [-0.2, -0.15) is 0 Å². The summed E-state index contributed by atoms with van der Waals surface area (Å²) in [7, 11) is 0. The molecule has 3 rings (SSSR count). The maximum atomic E-state index is 12.5. The van der Waals surface area contributed by atoms with Crippen molar-refractivity contribution in [2.24, 2.45) is 5.92 Å². The van der Waals surface area contributed by atoms with Gasteiger partial charge in [-0.3, -0.25) is 4.79 Å². The Balaban J connectivity index is 1.50. The molecule has 1 amide bonds. The van der Waals surface area contributed by atoms with Crippen LogP contribution in [0, 0.1) is 5.92 Å². The van der Waals surface area contributed by atoms with Gasteiger partial charge in [-0.25, -0.2) is 0 Å². The summed E-state index contributed by atoms with van der Waals surface area (Å²) in [5.74, 6) is 0.966. The molecule has 120 valence electrons. The smallest absolute Gasteiger partial charge is 0.227 e. The van der Waals surface area contributed by atoms with Crippen molar-refractivity contribution in [1.29, 1.82) is 0 Å². The van der Waals surface area contributed by atoms with Gasteiger partial charge >= 0.3 is 0 Å². The van der Waals surface area contributed by atoms with E-state index in [-0.39, 0.29) is 11.8 Å². The zero-order valence-corrected chi connectivity index (χ0v) is 13.5. The Morgan fingerprint density at radius 3 is 3.05 bits per heavy atom. The fourth-order valence-corrected chi connectivity index (χ4v) is 3.90. The molecule has 1 saturated heterocycles. The van der Waals surface area contributed by atoms with Crippen LogP contribution in [0.1, 0.15) is 56.1 Å². The van der Waals surface area contributed by atoms with Gasteiger partial charge in [0.15, 0.2) is 0 Å². The zero-order valence-electron chi connectivity index (χ0n) is 13.5. The van der Waals surface area contributed by atoms with Gasteiger partial charge in [0, 0.05) is 13.2 Å². The summed E-state index contributed by atoms with van der Waals surface area (Å²) in [6.07, 6.45) is 6.92. The van der Waals surface area contributed by atoms with Crippen molar-refractivity contribution in [2.45, 2.75) is 57.5 Å². The Labute approximate surface area is 133 Å². The van der Waals surface area contributed by atoms with Gasteiger partial charge in [0.05, 0.1) is 12.0 Å². The van der Waals surface area contributed by atoms with Crippen molar-refractivity contribution in [2.75, 3.05) is 13.2 Å². The summed E-state index contributed by atoms with van der Waals surface area (Å²) in [5.41, 5.74) is 2.60. The lowest BCUT2D eigenvalue weighted by atomic mass is 9.82. The van der Waals surface area contributed by atoms with E-state index < -0.39 is 0 Å². The van der Waals surface area contributed by atoms with E-state index >= 15 is 0 Å². The minimum atomic E-state index is 0.0542. The second-order valence-corrected chi connectivity index (χ2v) is 6.80. The Hall–Kier alpha value is -1.35. The molecule has 0 saturated carbocycles. The van der Waals surface area contributed by atoms with E-state index in [2.05, 4.69) is 30.4 Å². The predicted molar refractivity (Wildman–Crippen MR) is 87.9 cm³/mol. The third-order valence-corrected chi connectivity index (χ3v) is 5.13. The van der Waals surface area contributed by atoms with Gasteiger partial charge < -0.3 is 10.1 Å². The number of hydrogen-bond acceptors (Lipinski definition) is 2. The maximum Gasteiger partial charge on any atom is 0.227 e. The standard InChI is InChI=1S/C19H27NO2/c1-14-13-15(10-12-22-14)9-11-20-19(21)18-8-4-6-16-5-2-3-7-17(16)18/h2-3,5,7,14-15,18H,4,6,8-13H2,1H3,(H,20,21). The Morgan fingerprint density at radius 2 is 2.18 bits per heavy atom. The van der Waals surface area contributed by atoms with E-state index in [1.807, 2.05) is 6.07 Å². The largest absolute Gasteiger partial charge is 0.378 e. The molecule has 0 bridgehead atoms. The van der Waals surface area contributed by atoms with Crippen molar-refractivity contribution in [3.8, 4) is 0 Å². The lowest BCUT2D eigenvalue weighted by molar-refractivity contribution is -0.122. The van der Waals surface area contributed by atoms with Crippen LogP contribution in [0.25, 0.3) is 0 Å². The summed E-state index contributed by atoms with van der Waals surface area (Å²) in [6, 6.07) is 8.41. The first-order valence-corrected chi connectivity index (χ1v) is 8.71. The number of amides is 1. The van der Waals surface area contributed by atoms with Crippen LogP contribution in [0.15, 0.2) is 24.3 Å².